The summed E-state index contributed by atoms with van der Waals surface area (Å²) in [7, 11) is 0. The normalized spacial score (nSPS) is 15.8. The molecule has 0 bridgehead atoms. The average Bonchev–Trinajstić information content (AvgIpc) is 2.81. The van der Waals surface area contributed by atoms with Crippen LogP contribution in [0.1, 0.15) is 37.8 Å². The van der Waals surface area contributed by atoms with Crippen molar-refractivity contribution in [3.63, 3.8) is 0 Å². The second-order valence-corrected chi connectivity index (χ2v) is 9.85. The molecule has 2 aromatic rings. The summed E-state index contributed by atoms with van der Waals surface area (Å²) >= 11 is 8.08. The SMILES string of the molecule is CCN(CC)C1CCN(Cc2cc(C#CC(O)COc3cccc(Cl)c3)cc(I)c2O)CC1. The van der Waals surface area contributed by atoms with Crippen LogP contribution in [0.4, 0.5) is 0 Å². The lowest BCUT2D eigenvalue weighted by Gasteiger charge is -2.37. The molecule has 1 saturated heterocycles. The molecule has 2 aromatic carbocycles. The number of hydrogen-bond acceptors (Lipinski definition) is 5. The third-order valence-electron chi connectivity index (χ3n) is 6.01. The number of benzene rings is 2. The molecule has 1 unspecified atom stereocenters. The molecular formula is C26H32ClIN2O3. The van der Waals surface area contributed by atoms with Crippen molar-refractivity contribution in [1.82, 2.24) is 9.80 Å². The minimum atomic E-state index is -0.932. The van der Waals surface area contributed by atoms with Gasteiger partial charge in [0.25, 0.3) is 0 Å². The Morgan fingerprint density at radius 1 is 1.21 bits per heavy atom. The number of rotatable bonds is 8. The van der Waals surface area contributed by atoms with E-state index in [2.05, 4.69) is 58.1 Å². The predicted molar refractivity (Wildman–Crippen MR) is 142 cm³/mol. The topological polar surface area (TPSA) is 56.2 Å². The molecule has 33 heavy (non-hydrogen) atoms. The first kappa shape index (κ1) is 26.1. The number of phenols is 1. The molecule has 1 aliphatic rings. The maximum absolute atomic E-state index is 10.6. The minimum absolute atomic E-state index is 0.0524. The highest BCUT2D eigenvalue weighted by atomic mass is 127. The molecule has 0 amide bonds. The highest BCUT2D eigenvalue weighted by Gasteiger charge is 2.23. The summed E-state index contributed by atoms with van der Waals surface area (Å²) in [4.78, 5) is 4.94. The van der Waals surface area contributed by atoms with E-state index < -0.39 is 6.10 Å². The molecule has 1 fully saturated rings. The van der Waals surface area contributed by atoms with Crippen molar-refractivity contribution in [2.45, 2.75) is 45.4 Å². The lowest BCUT2D eigenvalue weighted by Crippen LogP contribution is -2.44. The molecule has 178 valence electrons. The standard InChI is InChI=1S/C26H32ClIN2O3/c1-3-30(4-2)22-10-12-29(13-11-22)17-20-14-19(15-25(28)26(20)32)8-9-23(31)18-33-24-7-5-6-21(27)16-24/h5-7,14-16,22-23,31-32H,3-4,10-13,17-18H2,1-2H3. The van der Waals surface area contributed by atoms with Gasteiger partial charge in [-0.25, -0.2) is 0 Å². The number of aliphatic hydroxyl groups excluding tert-OH is 1. The van der Waals surface area contributed by atoms with Crippen molar-refractivity contribution in [2.24, 2.45) is 0 Å². The molecule has 0 aromatic heterocycles. The summed E-state index contributed by atoms with van der Waals surface area (Å²) in [6.07, 6.45) is 1.37. The van der Waals surface area contributed by atoms with E-state index in [1.807, 2.05) is 12.1 Å². The molecule has 0 aliphatic carbocycles. The van der Waals surface area contributed by atoms with Gasteiger partial charge in [0.15, 0.2) is 0 Å². The Morgan fingerprint density at radius 2 is 1.94 bits per heavy atom. The van der Waals surface area contributed by atoms with Crippen LogP contribution >= 0.6 is 34.2 Å². The molecule has 3 rings (SSSR count). The van der Waals surface area contributed by atoms with Crippen LogP contribution in [0.5, 0.6) is 11.5 Å². The largest absolute Gasteiger partial charge is 0.507 e. The molecule has 0 radical (unpaired) electrons. The van der Waals surface area contributed by atoms with Crippen molar-refractivity contribution in [2.75, 3.05) is 32.8 Å². The van der Waals surface area contributed by atoms with Crippen LogP contribution in [0, 0.1) is 15.4 Å². The number of aliphatic hydroxyl groups is 1. The Bertz CT molecular complexity index is 979. The lowest BCUT2D eigenvalue weighted by atomic mass is 10.0. The third kappa shape index (κ3) is 7.76. The lowest BCUT2D eigenvalue weighted by molar-refractivity contribution is 0.112. The number of likely N-dealkylation sites (tertiary alicyclic amines) is 1. The number of aromatic hydroxyl groups is 1. The van der Waals surface area contributed by atoms with E-state index in [9.17, 15) is 10.2 Å². The Hall–Kier alpha value is -1.50. The maximum Gasteiger partial charge on any atom is 0.148 e. The fraction of sp³-hybridized carbons (Fsp3) is 0.462. The minimum Gasteiger partial charge on any atom is -0.507 e. The van der Waals surface area contributed by atoms with Gasteiger partial charge in [-0.15, -0.1) is 0 Å². The van der Waals surface area contributed by atoms with Crippen LogP contribution in [0.15, 0.2) is 36.4 Å². The summed E-state index contributed by atoms with van der Waals surface area (Å²) in [5, 5.41) is 21.4. The van der Waals surface area contributed by atoms with Crippen molar-refractivity contribution >= 4 is 34.2 Å². The molecule has 2 N–H and O–H groups in total. The van der Waals surface area contributed by atoms with E-state index in [0.29, 0.717) is 29.1 Å². The monoisotopic (exact) mass is 582 g/mol. The van der Waals surface area contributed by atoms with E-state index in [4.69, 9.17) is 16.3 Å². The number of piperidine rings is 1. The maximum atomic E-state index is 10.6. The van der Waals surface area contributed by atoms with Crippen LogP contribution in [0.3, 0.4) is 0 Å². The summed E-state index contributed by atoms with van der Waals surface area (Å²) in [5.41, 5.74) is 1.64. The van der Waals surface area contributed by atoms with Crippen molar-refractivity contribution in [3.8, 4) is 23.3 Å². The van der Waals surface area contributed by atoms with E-state index in [0.717, 1.165) is 53.7 Å². The van der Waals surface area contributed by atoms with Gasteiger partial charge in [-0.1, -0.05) is 43.4 Å². The van der Waals surface area contributed by atoms with Crippen molar-refractivity contribution in [3.05, 3.63) is 56.1 Å². The van der Waals surface area contributed by atoms with Gasteiger partial charge in [-0.05, 0) is 91.9 Å². The van der Waals surface area contributed by atoms with E-state index >= 15 is 0 Å². The number of halogens is 2. The zero-order chi connectivity index (χ0) is 23.8. The zero-order valence-corrected chi connectivity index (χ0v) is 22.1. The number of hydrogen-bond donors (Lipinski definition) is 2. The Morgan fingerprint density at radius 3 is 2.61 bits per heavy atom. The fourth-order valence-corrected chi connectivity index (χ4v) is 5.07. The van der Waals surface area contributed by atoms with Gasteiger partial charge in [-0.2, -0.15) is 0 Å². The first-order valence-corrected chi connectivity index (χ1v) is 12.9. The number of nitrogens with zero attached hydrogens (tertiary/aromatic N) is 2. The fourth-order valence-electron chi connectivity index (χ4n) is 4.21. The first-order chi connectivity index (χ1) is 15.9. The Balaban J connectivity index is 1.60. The van der Waals surface area contributed by atoms with Crippen LogP contribution < -0.4 is 4.74 Å². The highest BCUT2D eigenvalue weighted by molar-refractivity contribution is 14.1. The van der Waals surface area contributed by atoms with Crippen LogP contribution in [0.25, 0.3) is 0 Å². The Kier molecular flexibility index (Phi) is 10.1. The molecule has 1 atom stereocenters. The molecule has 1 aliphatic heterocycles. The Labute approximate surface area is 215 Å². The second-order valence-electron chi connectivity index (χ2n) is 8.25. The van der Waals surface area contributed by atoms with E-state index in [-0.39, 0.29) is 6.61 Å². The zero-order valence-electron chi connectivity index (χ0n) is 19.2. The average molecular weight is 583 g/mol. The molecule has 0 saturated carbocycles. The van der Waals surface area contributed by atoms with Gasteiger partial charge >= 0.3 is 0 Å². The van der Waals surface area contributed by atoms with Crippen LogP contribution in [-0.2, 0) is 6.54 Å². The molecular weight excluding hydrogens is 551 g/mol. The van der Waals surface area contributed by atoms with Crippen LogP contribution in [0.2, 0.25) is 5.02 Å². The number of phenolic OH excluding ortho intramolecular Hbond substituents is 1. The van der Waals surface area contributed by atoms with Gasteiger partial charge in [0, 0.05) is 28.7 Å². The highest BCUT2D eigenvalue weighted by Crippen LogP contribution is 2.28. The quantitative estimate of drug-likeness (QED) is 0.348. The van der Waals surface area contributed by atoms with E-state index in [1.54, 1.807) is 24.3 Å². The second kappa shape index (κ2) is 12.8. The summed E-state index contributed by atoms with van der Waals surface area (Å²) in [5.74, 6) is 6.77. The summed E-state index contributed by atoms with van der Waals surface area (Å²) in [6, 6.07) is 11.4. The summed E-state index contributed by atoms with van der Waals surface area (Å²) < 4.78 is 6.32. The van der Waals surface area contributed by atoms with Gasteiger partial charge in [0.1, 0.15) is 24.2 Å². The number of ether oxygens (including phenoxy) is 1. The van der Waals surface area contributed by atoms with Gasteiger partial charge in [0.2, 0.25) is 0 Å². The predicted octanol–water partition coefficient (Wildman–Crippen LogP) is 4.75. The molecule has 7 heteroatoms. The van der Waals surface area contributed by atoms with Crippen LogP contribution in [-0.4, -0.2) is 64.9 Å². The van der Waals surface area contributed by atoms with Crippen molar-refractivity contribution in [1.29, 1.82) is 0 Å². The molecule has 1 heterocycles. The van der Waals surface area contributed by atoms with E-state index in [1.165, 1.54) is 0 Å². The van der Waals surface area contributed by atoms with Gasteiger partial charge in [0.05, 0.1) is 3.57 Å². The smallest absolute Gasteiger partial charge is 0.148 e. The van der Waals surface area contributed by atoms with Crippen molar-refractivity contribution < 1.29 is 14.9 Å². The first-order valence-electron chi connectivity index (χ1n) is 11.4. The van der Waals surface area contributed by atoms with Gasteiger partial charge < -0.3 is 19.8 Å². The molecule has 0 spiro atoms. The third-order valence-corrected chi connectivity index (χ3v) is 7.07. The summed E-state index contributed by atoms with van der Waals surface area (Å²) in [6.45, 7) is 9.43. The van der Waals surface area contributed by atoms with Gasteiger partial charge in [-0.3, -0.25) is 4.90 Å². The molecule has 5 nitrogen and oxygen atoms in total.